The summed E-state index contributed by atoms with van der Waals surface area (Å²) in [5, 5.41) is 0. The summed E-state index contributed by atoms with van der Waals surface area (Å²) in [5.41, 5.74) is 6.59. The standard InChI is InChI=1S/C14H21FN2/c15-14-7-2-1-5-12(14)8-10-17-9-4-3-6-13(17)11-16/h1-2,5,7,13H,3-4,6,8-11,16H2/t13-/m1/s1. The zero-order valence-electron chi connectivity index (χ0n) is 10.2. The lowest BCUT2D eigenvalue weighted by atomic mass is 10.0. The summed E-state index contributed by atoms with van der Waals surface area (Å²) >= 11 is 0. The molecule has 0 radical (unpaired) electrons. The molecular formula is C14H21FN2. The highest BCUT2D eigenvalue weighted by molar-refractivity contribution is 5.17. The highest BCUT2D eigenvalue weighted by Crippen LogP contribution is 2.17. The minimum Gasteiger partial charge on any atom is -0.329 e. The van der Waals surface area contributed by atoms with Crippen LogP contribution in [0.2, 0.25) is 0 Å². The van der Waals surface area contributed by atoms with Crippen LogP contribution in [0.1, 0.15) is 24.8 Å². The molecule has 0 spiro atoms. The zero-order chi connectivity index (χ0) is 12.1. The summed E-state index contributed by atoms with van der Waals surface area (Å²) in [4.78, 5) is 2.41. The maximum Gasteiger partial charge on any atom is 0.126 e. The first-order chi connectivity index (χ1) is 8.31. The number of hydrogen-bond donors (Lipinski definition) is 1. The molecule has 2 rings (SSSR count). The normalized spacial score (nSPS) is 21.6. The topological polar surface area (TPSA) is 29.3 Å². The Morgan fingerprint density at radius 2 is 2.12 bits per heavy atom. The maximum atomic E-state index is 13.5. The van der Waals surface area contributed by atoms with Crippen LogP contribution in [0.25, 0.3) is 0 Å². The minimum absolute atomic E-state index is 0.0891. The maximum absolute atomic E-state index is 13.5. The molecule has 2 nitrogen and oxygen atoms in total. The predicted molar refractivity (Wildman–Crippen MR) is 68.4 cm³/mol. The molecule has 1 aromatic carbocycles. The van der Waals surface area contributed by atoms with Gasteiger partial charge in [-0.15, -0.1) is 0 Å². The molecule has 1 aliphatic heterocycles. The van der Waals surface area contributed by atoms with E-state index in [1.165, 1.54) is 25.3 Å². The summed E-state index contributed by atoms with van der Waals surface area (Å²) in [6, 6.07) is 7.54. The van der Waals surface area contributed by atoms with E-state index in [1.54, 1.807) is 6.07 Å². The third-order valence-electron chi connectivity index (χ3n) is 3.65. The molecule has 2 N–H and O–H groups in total. The number of piperidine rings is 1. The van der Waals surface area contributed by atoms with E-state index in [0.717, 1.165) is 31.6 Å². The molecule has 17 heavy (non-hydrogen) atoms. The second-order valence-electron chi connectivity index (χ2n) is 4.76. The van der Waals surface area contributed by atoms with Crippen LogP contribution in [0.3, 0.4) is 0 Å². The van der Waals surface area contributed by atoms with Crippen LogP contribution in [-0.4, -0.2) is 30.6 Å². The van der Waals surface area contributed by atoms with Gasteiger partial charge in [-0.05, 0) is 37.4 Å². The van der Waals surface area contributed by atoms with Gasteiger partial charge >= 0.3 is 0 Å². The molecule has 0 unspecified atom stereocenters. The van der Waals surface area contributed by atoms with E-state index < -0.39 is 0 Å². The molecular weight excluding hydrogens is 215 g/mol. The summed E-state index contributed by atoms with van der Waals surface area (Å²) in [7, 11) is 0. The van der Waals surface area contributed by atoms with Crippen molar-refractivity contribution in [3.05, 3.63) is 35.6 Å². The number of halogens is 1. The van der Waals surface area contributed by atoms with Crippen molar-refractivity contribution in [1.82, 2.24) is 4.90 Å². The molecule has 0 amide bonds. The van der Waals surface area contributed by atoms with E-state index in [-0.39, 0.29) is 5.82 Å². The molecule has 0 saturated carbocycles. The molecule has 0 aromatic heterocycles. The van der Waals surface area contributed by atoms with Gasteiger partial charge in [-0.1, -0.05) is 24.6 Å². The van der Waals surface area contributed by atoms with Crippen molar-refractivity contribution in [2.24, 2.45) is 5.73 Å². The lowest BCUT2D eigenvalue weighted by molar-refractivity contribution is 0.154. The van der Waals surface area contributed by atoms with E-state index in [2.05, 4.69) is 4.90 Å². The van der Waals surface area contributed by atoms with E-state index in [4.69, 9.17) is 5.73 Å². The van der Waals surface area contributed by atoms with Gasteiger partial charge in [-0.25, -0.2) is 4.39 Å². The highest BCUT2D eigenvalue weighted by atomic mass is 19.1. The van der Waals surface area contributed by atoms with Gasteiger partial charge in [0.25, 0.3) is 0 Å². The number of nitrogens with zero attached hydrogens (tertiary/aromatic N) is 1. The summed E-state index contributed by atoms with van der Waals surface area (Å²) in [5.74, 6) is -0.0891. The Kier molecular flexibility index (Phi) is 4.51. The van der Waals surface area contributed by atoms with E-state index in [9.17, 15) is 4.39 Å². The Bertz CT molecular complexity index is 354. The van der Waals surface area contributed by atoms with Crippen LogP contribution in [-0.2, 0) is 6.42 Å². The van der Waals surface area contributed by atoms with Gasteiger partial charge in [0.15, 0.2) is 0 Å². The first-order valence-corrected chi connectivity index (χ1v) is 6.49. The third kappa shape index (κ3) is 3.27. The zero-order valence-corrected chi connectivity index (χ0v) is 10.2. The van der Waals surface area contributed by atoms with Gasteiger partial charge in [0, 0.05) is 19.1 Å². The van der Waals surface area contributed by atoms with Crippen LogP contribution in [0, 0.1) is 5.82 Å². The largest absolute Gasteiger partial charge is 0.329 e. The Balaban J connectivity index is 1.90. The second kappa shape index (κ2) is 6.12. The number of nitrogens with two attached hydrogens (primary N) is 1. The predicted octanol–water partition coefficient (Wildman–Crippen LogP) is 2.18. The van der Waals surface area contributed by atoms with Gasteiger partial charge in [-0.3, -0.25) is 4.90 Å². The van der Waals surface area contributed by atoms with E-state index in [0.29, 0.717) is 6.04 Å². The van der Waals surface area contributed by atoms with Gasteiger partial charge in [0.05, 0.1) is 0 Å². The number of benzene rings is 1. The van der Waals surface area contributed by atoms with Crippen molar-refractivity contribution in [2.75, 3.05) is 19.6 Å². The molecule has 1 atom stereocenters. The monoisotopic (exact) mass is 236 g/mol. The van der Waals surface area contributed by atoms with Gasteiger partial charge in [0.1, 0.15) is 5.82 Å². The third-order valence-corrected chi connectivity index (χ3v) is 3.65. The van der Waals surface area contributed by atoms with Gasteiger partial charge < -0.3 is 5.73 Å². The highest BCUT2D eigenvalue weighted by Gasteiger charge is 2.20. The molecule has 0 aliphatic carbocycles. The first kappa shape index (κ1) is 12.5. The molecule has 1 aliphatic rings. The Morgan fingerprint density at radius 3 is 2.88 bits per heavy atom. The first-order valence-electron chi connectivity index (χ1n) is 6.49. The quantitative estimate of drug-likeness (QED) is 0.868. The van der Waals surface area contributed by atoms with Crippen LogP contribution < -0.4 is 5.73 Å². The molecule has 94 valence electrons. The van der Waals surface area contributed by atoms with Crippen molar-refractivity contribution in [1.29, 1.82) is 0 Å². The Hall–Kier alpha value is -0.930. The number of rotatable bonds is 4. The fourth-order valence-corrected chi connectivity index (χ4v) is 2.59. The Labute approximate surface area is 103 Å². The smallest absolute Gasteiger partial charge is 0.126 e. The molecule has 1 heterocycles. The van der Waals surface area contributed by atoms with Crippen molar-refractivity contribution < 1.29 is 4.39 Å². The molecule has 0 bridgehead atoms. The average molecular weight is 236 g/mol. The van der Waals surface area contributed by atoms with Crippen molar-refractivity contribution in [3.8, 4) is 0 Å². The van der Waals surface area contributed by atoms with Crippen LogP contribution >= 0.6 is 0 Å². The van der Waals surface area contributed by atoms with Crippen LogP contribution in [0.15, 0.2) is 24.3 Å². The number of likely N-dealkylation sites (tertiary alicyclic amines) is 1. The average Bonchev–Trinajstić information content (AvgIpc) is 2.38. The van der Waals surface area contributed by atoms with Crippen LogP contribution in [0.4, 0.5) is 4.39 Å². The molecule has 3 heteroatoms. The fraction of sp³-hybridized carbons (Fsp3) is 0.571. The lowest BCUT2D eigenvalue weighted by Gasteiger charge is -2.35. The molecule has 1 fully saturated rings. The summed E-state index contributed by atoms with van der Waals surface area (Å²) < 4.78 is 13.5. The molecule has 1 aromatic rings. The Morgan fingerprint density at radius 1 is 1.29 bits per heavy atom. The minimum atomic E-state index is -0.0891. The SMILES string of the molecule is NC[C@H]1CCCCN1CCc1ccccc1F. The molecule has 1 saturated heterocycles. The summed E-state index contributed by atoms with van der Waals surface area (Å²) in [6.45, 7) is 2.75. The fourth-order valence-electron chi connectivity index (χ4n) is 2.59. The van der Waals surface area contributed by atoms with Crippen molar-refractivity contribution in [2.45, 2.75) is 31.7 Å². The number of hydrogen-bond acceptors (Lipinski definition) is 2. The van der Waals surface area contributed by atoms with Gasteiger partial charge in [-0.2, -0.15) is 0 Å². The van der Waals surface area contributed by atoms with E-state index >= 15 is 0 Å². The summed E-state index contributed by atoms with van der Waals surface area (Å²) in [6.07, 6.45) is 4.49. The van der Waals surface area contributed by atoms with Crippen molar-refractivity contribution in [3.63, 3.8) is 0 Å². The van der Waals surface area contributed by atoms with Gasteiger partial charge in [0.2, 0.25) is 0 Å². The lowest BCUT2D eigenvalue weighted by Crippen LogP contribution is -2.44. The van der Waals surface area contributed by atoms with Crippen LogP contribution in [0.5, 0.6) is 0 Å². The van der Waals surface area contributed by atoms with E-state index in [1.807, 2.05) is 12.1 Å². The van der Waals surface area contributed by atoms with Crippen molar-refractivity contribution >= 4 is 0 Å². The second-order valence-corrected chi connectivity index (χ2v) is 4.76.